The van der Waals surface area contributed by atoms with E-state index in [0.717, 1.165) is 12.3 Å². The molecule has 15 heavy (non-hydrogen) atoms. The van der Waals surface area contributed by atoms with Crippen LogP contribution in [-0.2, 0) is 0 Å². The lowest BCUT2D eigenvalue weighted by Crippen LogP contribution is -2.24. The minimum absolute atomic E-state index is 0.402. The van der Waals surface area contributed by atoms with Crippen molar-refractivity contribution in [2.24, 2.45) is 11.7 Å². The van der Waals surface area contributed by atoms with Crippen LogP contribution in [0, 0.1) is 5.92 Å². The van der Waals surface area contributed by atoms with Gasteiger partial charge in [-0.15, -0.1) is 0 Å². The minimum Gasteiger partial charge on any atom is -0.327 e. The van der Waals surface area contributed by atoms with Gasteiger partial charge in [0.2, 0.25) is 0 Å². The highest BCUT2D eigenvalue weighted by Crippen LogP contribution is 2.24. The number of hydrogen-bond acceptors (Lipinski definition) is 1. The summed E-state index contributed by atoms with van der Waals surface area (Å²) in [5.41, 5.74) is 7.84. The van der Waals surface area contributed by atoms with Crippen LogP contribution in [0.3, 0.4) is 0 Å². The third-order valence-electron chi connectivity index (χ3n) is 3.70. The molecule has 0 aliphatic heterocycles. The van der Waals surface area contributed by atoms with Crippen molar-refractivity contribution in [1.82, 2.24) is 0 Å². The summed E-state index contributed by atoms with van der Waals surface area (Å²) >= 11 is 0. The SMILES string of the molecule is CCC(CC)CC(N)CC1=CCCCC1. The second-order valence-electron chi connectivity index (χ2n) is 4.99. The Morgan fingerprint density at radius 3 is 2.53 bits per heavy atom. The third-order valence-corrected chi connectivity index (χ3v) is 3.70. The van der Waals surface area contributed by atoms with Gasteiger partial charge in [0.25, 0.3) is 0 Å². The van der Waals surface area contributed by atoms with Gasteiger partial charge in [-0.3, -0.25) is 0 Å². The van der Waals surface area contributed by atoms with Crippen molar-refractivity contribution in [1.29, 1.82) is 0 Å². The zero-order valence-corrected chi connectivity index (χ0v) is 10.5. The predicted molar refractivity (Wildman–Crippen MR) is 67.8 cm³/mol. The Labute approximate surface area is 95.1 Å². The lowest BCUT2D eigenvalue weighted by atomic mass is 9.89. The quantitative estimate of drug-likeness (QED) is 0.657. The van der Waals surface area contributed by atoms with Crippen LogP contribution in [0.5, 0.6) is 0 Å². The second-order valence-corrected chi connectivity index (χ2v) is 4.99. The average Bonchev–Trinajstić information content (AvgIpc) is 2.27. The summed E-state index contributed by atoms with van der Waals surface area (Å²) in [6.07, 6.45) is 12.7. The van der Waals surface area contributed by atoms with E-state index in [4.69, 9.17) is 5.73 Å². The van der Waals surface area contributed by atoms with Crippen LogP contribution in [0.2, 0.25) is 0 Å². The van der Waals surface area contributed by atoms with Crippen LogP contribution in [0.25, 0.3) is 0 Å². The van der Waals surface area contributed by atoms with E-state index in [1.807, 2.05) is 0 Å². The first-order valence-corrected chi connectivity index (χ1v) is 6.69. The lowest BCUT2D eigenvalue weighted by Gasteiger charge is -2.21. The van der Waals surface area contributed by atoms with E-state index in [1.165, 1.54) is 44.9 Å². The number of allylic oxidation sites excluding steroid dienone is 1. The molecule has 0 aromatic carbocycles. The maximum absolute atomic E-state index is 6.22. The predicted octanol–water partition coefficient (Wildman–Crippen LogP) is 4.03. The largest absolute Gasteiger partial charge is 0.327 e. The molecule has 1 rings (SSSR count). The second kappa shape index (κ2) is 7.05. The van der Waals surface area contributed by atoms with E-state index in [1.54, 1.807) is 5.57 Å². The molecule has 0 bridgehead atoms. The van der Waals surface area contributed by atoms with Gasteiger partial charge in [0.1, 0.15) is 0 Å². The molecule has 1 nitrogen and oxygen atoms in total. The van der Waals surface area contributed by atoms with E-state index in [-0.39, 0.29) is 0 Å². The summed E-state index contributed by atoms with van der Waals surface area (Å²) in [6, 6.07) is 0.402. The summed E-state index contributed by atoms with van der Waals surface area (Å²) < 4.78 is 0. The first-order chi connectivity index (χ1) is 7.26. The molecule has 1 atom stereocenters. The Bertz CT molecular complexity index is 192. The van der Waals surface area contributed by atoms with Gasteiger partial charge >= 0.3 is 0 Å². The van der Waals surface area contributed by atoms with E-state index < -0.39 is 0 Å². The van der Waals surface area contributed by atoms with Crippen LogP contribution < -0.4 is 5.73 Å². The number of rotatable bonds is 6. The highest BCUT2D eigenvalue weighted by atomic mass is 14.6. The molecule has 0 radical (unpaired) electrons. The highest BCUT2D eigenvalue weighted by molar-refractivity contribution is 5.06. The van der Waals surface area contributed by atoms with Gasteiger partial charge in [0.15, 0.2) is 0 Å². The standard InChI is InChI=1S/C14H27N/c1-3-12(4-2)10-14(15)11-13-8-6-5-7-9-13/h8,12,14H,3-7,9-11,15H2,1-2H3. The smallest absolute Gasteiger partial charge is 0.00787 e. The Morgan fingerprint density at radius 1 is 1.27 bits per heavy atom. The maximum atomic E-state index is 6.22. The summed E-state index contributed by atoms with van der Waals surface area (Å²) in [4.78, 5) is 0. The molecule has 0 saturated heterocycles. The summed E-state index contributed by atoms with van der Waals surface area (Å²) in [5, 5.41) is 0. The Kier molecular flexibility index (Phi) is 6.00. The fraction of sp³-hybridized carbons (Fsp3) is 0.857. The zero-order valence-electron chi connectivity index (χ0n) is 10.5. The van der Waals surface area contributed by atoms with Crippen molar-refractivity contribution < 1.29 is 0 Å². The third kappa shape index (κ3) is 4.83. The number of hydrogen-bond donors (Lipinski definition) is 1. The molecule has 2 N–H and O–H groups in total. The molecule has 0 fully saturated rings. The van der Waals surface area contributed by atoms with Gasteiger partial charge < -0.3 is 5.73 Å². The van der Waals surface area contributed by atoms with Crippen molar-refractivity contribution in [3.63, 3.8) is 0 Å². The molecule has 88 valence electrons. The number of nitrogens with two attached hydrogens (primary N) is 1. The van der Waals surface area contributed by atoms with Crippen LogP contribution >= 0.6 is 0 Å². The van der Waals surface area contributed by atoms with Crippen LogP contribution in [0.15, 0.2) is 11.6 Å². The first kappa shape index (κ1) is 12.8. The van der Waals surface area contributed by atoms with Crippen molar-refractivity contribution in [2.75, 3.05) is 0 Å². The Hall–Kier alpha value is -0.300. The minimum atomic E-state index is 0.402. The molecular formula is C14H27N. The van der Waals surface area contributed by atoms with Gasteiger partial charge in [-0.1, -0.05) is 38.3 Å². The van der Waals surface area contributed by atoms with Crippen LogP contribution in [-0.4, -0.2) is 6.04 Å². The summed E-state index contributed by atoms with van der Waals surface area (Å²) in [5.74, 6) is 0.837. The van der Waals surface area contributed by atoms with Crippen LogP contribution in [0.4, 0.5) is 0 Å². The molecular weight excluding hydrogens is 182 g/mol. The van der Waals surface area contributed by atoms with Gasteiger partial charge in [-0.05, 0) is 44.4 Å². The van der Waals surface area contributed by atoms with Gasteiger partial charge in [0, 0.05) is 6.04 Å². The molecule has 0 spiro atoms. The fourth-order valence-corrected chi connectivity index (χ4v) is 2.56. The molecule has 1 heteroatoms. The van der Waals surface area contributed by atoms with E-state index in [0.29, 0.717) is 6.04 Å². The maximum Gasteiger partial charge on any atom is 0.00787 e. The Balaban J connectivity index is 2.27. The topological polar surface area (TPSA) is 26.0 Å². The summed E-state index contributed by atoms with van der Waals surface area (Å²) in [7, 11) is 0. The van der Waals surface area contributed by atoms with E-state index in [2.05, 4.69) is 19.9 Å². The van der Waals surface area contributed by atoms with E-state index in [9.17, 15) is 0 Å². The molecule has 0 heterocycles. The van der Waals surface area contributed by atoms with E-state index >= 15 is 0 Å². The lowest BCUT2D eigenvalue weighted by molar-refractivity contribution is 0.404. The monoisotopic (exact) mass is 209 g/mol. The molecule has 0 amide bonds. The zero-order chi connectivity index (χ0) is 11.1. The van der Waals surface area contributed by atoms with Gasteiger partial charge in [-0.2, -0.15) is 0 Å². The average molecular weight is 209 g/mol. The molecule has 0 aromatic heterocycles. The fourth-order valence-electron chi connectivity index (χ4n) is 2.56. The molecule has 0 aromatic rings. The van der Waals surface area contributed by atoms with Crippen molar-refractivity contribution >= 4 is 0 Å². The molecule has 0 saturated carbocycles. The molecule has 1 unspecified atom stereocenters. The molecule has 1 aliphatic carbocycles. The Morgan fingerprint density at radius 2 is 2.00 bits per heavy atom. The highest BCUT2D eigenvalue weighted by Gasteiger charge is 2.13. The summed E-state index contributed by atoms with van der Waals surface area (Å²) in [6.45, 7) is 4.56. The van der Waals surface area contributed by atoms with Gasteiger partial charge in [-0.25, -0.2) is 0 Å². The first-order valence-electron chi connectivity index (χ1n) is 6.69. The van der Waals surface area contributed by atoms with Crippen molar-refractivity contribution in [3.8, 4) is 0 Å². The van der Waals surface area contributed by atoms with Crippen molar-refractivity contribution in [2.45, 2.75) is 71.3 Å². The molecule has 1 aliphatic rings. The van der Waals surface area contributed by atoms with Crippen molar-refractivity contribution in [3.05, 3.63) is 11.6 Å². The van der Waals surface area contributed by atoms with Crippen LogP contribution in [0.1, 0.15) is 65.2 Å². The van der Waals surface area contributed by atoms with Gasteiger partial charge in [0.05, 0.1) is 0 Å². The normalized spacial score (nSPS) is 19.1.